The third-order valence-electron chi connectivity index (χ3n) is 4.22. The van der Waals surface area contributed by atoms with E-state index in [9.17, 15) is 9.90 Å². The molecule has 1 aliphatic carbocycles. The van der Waals surface area contributed by atoms with Gasteiger partial charge in [0, 0.05) is 19.6 Å². The highest BCUT2D eigenvalue weighted by Crippen LogP contribution is 2.31. The molecule has 1 aliphatic rings. The van der Waals surface area contributed by atoms with Crippen molar-refractivity contribution >= 4 is 6.03 Å². The first-order valence-electron chi connectivity index (χ1n) is 7.70. The van der Waals surface area contributed by atoms with Gasteiger partial charge in [-0.1, -0.05) is 24.3 Å². The molecule has 2 amide bonds. The summed E-state index contributed by atoms with van der Waals surface area (Å²) in [6, 6.07) is 7.18. The van der Waals surface area contributed by atoms with Crippen LogP contribution in [0.25, 0.3) is 0 Å². The number of urea groups is 1. The molecular weight excluding hydrogens is 280 g/mol. The molecule has 0 fully saturated rings. The van der Waals surface area contributed by atoms with Crippen molar-refractivity contribution in [2.24, 2.45) is 0 Å². The van der Waals surface area contributed by atoms with Crippen LogP contribution in [0.4, 0.5) is 4.79 Å². The number of aliphatic hydroxyl groups excluding tert-OH is 1. The Morgan fingerprint density at radius 1 is 1.45 bits per heavy atom. The van der Waals surface area contributed by atoms with Gasteiger partial charge in [0.2, 0.25) is 0 Å². The van der Waals surface area contributed by atoms with Gasteiger partial charge in [-0.3, -0.25) is 0 Å². The Morgan fingerprint density at radius 3 is 2.82 bits per heavy atom. The first-order chi connectivity index (χ1) is 10.3. The molecule has 3 N–H and O–H groups in total. The van der Waals surface area contributed by atoms with Crippen LogP contribution in [0.1, 0.15) is 44.4 Å². The predicted molar refractivity (Wildman–Crippen MR) is 85.7 cm³/mol. The fourth-order valence-corrected chi connectivity index (χ4v) is 3.03. The van der Waals surface area contributed by atoms with Gasteiger partial charge in [-0.25, -0.2) is 4.79 Å². The van der Waals surface area contributed by atoms with Crippen molar-refractivity contribution in [3.8, 4) is 0 Å². The number of hydrogen-bond acceptors (Lipinski definition) is 3. The minimum absolute atomic E-state index is 0.0243. The number of methoxy groups -OCH3 is 1. The van der Waals surface area contributed by atoms with Crippen LogP contribution in [0.2, 0.25) is 0 Å². The first-order valence-corrected chi connectivity index (χ1v) is 7.70. The summed E-state index contributed by atoms with van der Waals surface area (Å²) in [5, 5.41) is 15.9. The molecule has 0 radical (unpaired) electrons. The molecule has 22 heavy (non-hydrogen) atoms. The minimum atomic E-state index is -0.575. The number of carbonyl (C=O) groups excluding carboxylic acids is 1. The Balaban J connectivity index is 1.93. The molecule has 0 spiro atoms. The summed E-state index contributed by atoms with van der Waals surface area (Å²) in [5.41, 5.74) is 1.80. The third-order valence-corrected chi connectivity index (χ3v) is 4.22. The summed E-state index contributed by atoms with van der Waals surface area (Å²) >= 11 is 0. The fraction of sp³-hybridized carbons (Fsp3) is 0.588. The van der Waals surface area contributed by atoms with E-state index in [1.54, 1.807) is 7.11 Å². The molecular formula is C17H26N2O3. The van der Waals surface area contributed by atoms with Gasteiger partial charge in [0.1, 0.15) is 0 Å². The maximum absolute atomic E-state index is 12.2. The van der Waals surface area contributed by atoms with Crippen molar-refractivity contribution in [1.82, 2.24) is 10.6 Å². The highest BCUT2D eigenvalue weighted by atomic mass is 16.5. The van der Waals surface area contributed by atoms with Crippen LogP contribution in [0, 0.1) is 0 Å². The Kier molecular flexibility index (Phi) is 5.08. The Hall–Kier alpha value is -1.59. The van der Waals surface area contributed by atoms with Gasteiger partial charge in [-0.2, -0.15) is 0 Å². The number of aliphatic hydroxyl groups is 1. The van der Waals surface area contributed by atoms with Crippen LogP contribution in [-0.4, -0.2) is 36.0 Å². The number of carbonyl (C=O) groups is 1. The summed E-state index contributed by atoms with van der Waals surface area (Å²) in [6.07, 6.45) is 0.711. The molecule has 3 unspecified atom stereocenters. The topological polar surface area (TPSA) is 70.6 Å². The second-order valence-corrected chi connectivity index (χ2v) is 6.63. The van der Waals surface area contributed by atoms with Gasteiger partial charge in [0.15, 0.2) is 0 Å². The van der Waals surface area contributed by atoms with E-state index >= 15 is 0 Å². The van der Waals surface area contributed by atoms with Crippen LogP contribution in [0.15, 0.2) is 24.3 Å². The monoisotopic (exact) mass is 306 g/mol. The smallest absolute Gasteiger partial charge is 0.315 e. The standard InChI is InChI=1S/C17H26N2O3/c1-11(10-17(2,3)22-4)18-16(21)19-15-13-8-6-5-7-12(13)9-14(15)20/h5-8,11,14-15,20H,9-10H2,1-4H3,(H2,18,19,21). The van der Waals surface area contributed by atoms with Gasteiger partial charge in [-0.15, -0.1) is 0 Å². The van der Waals surface area contributed by atoms with E-state index < -0.39 is 6.10 Å². The van der Waals surface area contributed by atoms with Crippen molar-refractivity contribution in [3.05, 3.63) is 35.4 Å². The lowest BCUT2D eigenvalue weighted by Crippen LogP contribution is -2.46. The van der Waals surface area contributed by atoms with E-state index in [2.05, 4.69) is 10.6 Å². The lowest BCUT2D eigenvalue weighted by Gasteiger charge is -2.27. The van der Waals surface area contributed by atoms with Gasteiger partial charge in [0.05, 0.1) is 17.7 Å². The molecule has 1 aromatic carbocycles. The van der Waals surface area contributed by atoms with Gasteiger partial charge in [0.25, 0.3) is 0 Å². The Labute approximate surface area is 132 Å². The zero-order valence-corrected chi connectivity index (χ0v) is 13.7. The molecule has 1 aromatic rings. The number of hydrogen-bond donors (Lipinski definition) is 3. The normalized spacial score (nSPS) is 22.0. The molecule has 122 valence electrons. The molecule has 0 saturated carbocycles. The van der Waals surface area contributed by atoms with E-state index in [0.717, 1.165) is 11.1 Å². The maximum Gasteiger partial charge on any atom is 0.315 e. The van der Waals surface area contributed by atoms with Crippen molar-refractivity contribution < 1.29 is 14.6 Å². The summed E-state index contributed by atoms with van der Waals surface area (Å²) < 4.78 is 5.38. The molecule has 5 heteroatoms. The van der Waals surface area contributed by atoms with Gasteiger partial charge < -0.3 is 20.5 Å². The van der Waals surface area contributed by atoms with Crippen LogP contribution in [0.5, 0.6) is 0 Å². The zero-order valence-electron chi connectivity index (χ0n) is 13.7. The van der Waals surface area contributed by atoms with Crippen molar-refractivity contribution in [2.75, 3.05) is 7.11 Å². The zero-order chi connectivity index (χ0) is 16.3. The number of nitrogens with one attached hydrogen (secondary N) is 2. The van der Waals surface area contributed by atoms with Gasteiger partial charge in [-0.05, 0) is 38.3 Å². The van der Waals surface area contributed by atoms with E-state index in [4.69, 9.17) is 4.74 Å². The first kappa shape index (κ1) is 16.8. The molecule has 0 aromatic heterocycles. The highest BCUT2D eigenvalue weighted by molar-refractivity contribution is 5.75. The maximum atomic E-state index is 12.2. The van der Waals surface area contributed by atoms with Crippen LogP contribution in [0.3, 0.4) is 0 Å². The number of amides is 2. The molecule has 3 atom stereocenters. The minimum Gasteiger partial charge on any atom is -0.390 e. The molecule has 0 aliphatic heterocycles. The largest absolute Gasteiger partial charge is 0.390 e. The quantitative estimate of drug-likeness (QED) is 0.780. The number of ether oxygens (including phenoxy) is 1. The van der Waals surface area contributed by atoms with Crippen molar-refractivity contribution in [3.63, 3.8) is 0 Å². The molecule has 0 heterocycles. The summed E-state index contributed by atoms with van der Waals surface area (Å²) in [4.78, 5) is 12.2. The van der Waals surface area contributed by atoms with E-state index in [0.29, 0.717) is 12.8 Å². The highest BCUT2D eigenvalue weighted by Gasteiger charge is 2.32. The lowest BCUT2D eigenvalue weighted by atomic mass is 10.00. The Morgan fingerprint density at radius 2 is 2.14 bits per heavy atom. The average molecular weight is 306 g/mol. The predicted octanol–water partition coefficient (Wildman–Crippen LogP) is 2.15. The molecule has 2 rings (SSSR count). The van der Waals surface area contributed by atoms with E-state index in [1.165, 1.54) is 0 Å². The van der Waals surface area contributed by atoms with Crippen molar-refractivity contribution in [1.29, 1.82) is 0 Å². The SMILES string of the molecule is COC(C)(C)CC(C)NC(=O)NC1c2ccccc2CC1O. The Bertz CT molecular complexity index is 530. The second-order valence-electron chi connectivity index (χ2n) is 6.63. The van der Waals surface area contributed by atoms with Crippen molar-refractivity contribution in [2.45, 2.75) is 57.4 Å². The number of rotatable bonds is 5. The number of fused-ring (bicyclic) bond motifs is 1. The summed E-state index contributed by atoms with van der Waals surface area (Å²) in [7, 11) is 1.67. The van der Waals surface area contributed by atoms with Crippen LogP contribution in [-0.2, 0) is 11.2 Å². The van der Waals surface area contributed by atoms with Gasteiger partial charge >= 0.3 is 6.03 Å². The fourth-order valence-electron chi connectivity index (χ4n) is 3.03. The molecule has 0 saturated heterocycles. The van der Waals surface area contributed by atoms with E-state index in [-0.39, 0.29) is 23.7 Å². The van der Waals surface area contributed by atoms with E-state index in [1.807, 2.05) is 45.0 Å². The second kappa shape index (κ2) is 6.67. The molecule has 0 bridgehead atoms. The summed E-state index contributed by atoms with van der Waals surface area (Å²) in [6.45, 7) is 5.92. The summed E-state index contributed by atoms with van der Waals surface area (Å²) in [5.74, 6) is 0. The third kappa shape index (κ3) is 3.99. The van der Waals surface area contributed by atoms with Crippen LogP contribution >= 0.6 is 0 Å². The lowest BCUT2D eigenvalue weighted by molar-refractivity contribution is 0.00941. The van der Waals surface area contributed by atoms with Crippen LogP contribution < -0.4 is 10.6 Å². The average Bonchev–Trinajstić information content (AvgIpc) is 2.74. The number of benzene rings is 1. The molecule has 5 nitrogen and oxygen atoms in total.